The monoisotopic (exact) mass is 340 g/mol. The topological polar surface area (TPSA) is 65.0 Å². The van der Waals surface area contributed by atoms with Crippen molar-refractivity contribution in [3.63, 3.8) is 0 Å². The minimum atomic E-state index is -0.881. The summed E-state index contributed by atoms with van der Waals surface area (Å²) in [5.74, 6) is 1.78. The third kappa shape index (κ3) is 3.37. The summed E-state index contributed by atoms with van der Waals surface area (Å²) in [6.45, 7) is 1.51. The van der Waals surface area contributed by atoms with Crippen molar-refractivity contribution in [3.05, 3.63) is 59.2 Å². The van der Waals surface area contributed by atoms with Crippen LogP contribution in [0.4, 0.5) is 0 Å². The lowest BCUT2D eigenvalue weighted by atomic mass is 9.91. The molecule has 0 heterocycles. The van der Waals surface area contributed by atoms with E-state index in [4.69, 9.17) is 14.2 Å². The number of rotatable bonds is 5. The number of carbonyl (C=O) groups excluding carboxylic acids is 1. The molecule has 3 rings (SSSR count). The van der Waals surface area contributed by atoms with Crippen LogP contribution in [-0.2, 0) is 0 Å². The Bertz CT molecular complexity index is 808. The van der Waals surface area contributed by atoms with Crippen molar-refractivity contribution in [1.82, 2.24) is 0 Å². The Hall–Kier alpha value is -2.79. The summed E-state index contributed by atoms with van der Waals surface area (Å²) >= 11 is 0. The molecule has 2 aromatic rings. The molecule has 0 amide bonds. The molecule has 0 unspecified atom stereocenters. The third-order valence-corrected chi connectivity index (χ3v) is 4.21. The SMILES string of the molecule is COc1cc2c(c(OC)c1)[C@H](O)[C@@H](Oc1ccc(C(C)=O)cc1)C=C2. The van der Waals surface area contributed by atoms with Crippen LogP contribution in [0, 0.1) is 0 Å². The largest absolute Gasteiger partial charge is 0.497 e. The number of benzene rings is 2. The summed E-state index contributed by atoms with van der Waals surface area (Å²) in [6, 6.07) is 10.4. The lowest BCUT2D eigenvalue weighted by Gasteiger charge is -2.28. The van der Waals surface area contributed by atoms with Gasteiger partial charge in [-0.15, -0.1) is 0 Å². The summed E-state index contributed by atoms with van der Waals surface area (Å²) in [5, 5.41) is 10.7. The van der Waals surface area contributed by atoms with Crippen LogP contribution in [0.3, 0.4) is 0 Å². The van der Waals surface area contributed by atoms with Gasteiger partial charge in [-0.1, -0.05) is 6.08 Å². The first-order chi connectivity index (χ1) is 12.0. The van der Waals surface area contributed by atoms with Crippen molar-refractivity contribution < 1.29 is 24.1 Å². The fraction of sp³-hybridized carbons (Fsp3) is 0.250. The number of hydrogen-bond acceptors (Lipinski definition) is 5. The fourth-order valence-electron chi connectivity index (χ4n) is 2.86. The Balaban J connectivity index is 1.86. The smallest absolute Gasteiger partial charge is 0.159 e. The predicted molar refractivity (Wildman–Crippen MR) is 94.4 cm³/mol. The highest BCUT2D eigenvalue weighted by molar-refractivity contribution is 5.94. The van der Waals surface area contributed by atoms with Gasteiger partial charge in [0, 0.05) is 17.2 Å². The Morgan fingerprint density at radius 3 is 2.36 bits per heavy atom. The van der Waals surface area contributed by atoms with E-state index in [2.05, 4.69) is 0 Å². The maximum absolute atomic E-state index is 11.3. The van der Waals surface area contributed by atoms with Crippen LogP contribution in [0.15, 0.2) is 42.5 Å². The summed E-state index contributed by atoms with van der Waals surface area (Å²) in [4.78, 5) is 11.3. The average molecular weight is 340 g/mol. The summed E-state index contributed by atoms with van der Waals surface area (Å²) in [6.07, 6.45) is 2.23. The zero-order chi connectivity index (χ0) is 18.0. The van der Waals surface area contributed by atoms with Gasteiger partial charge in [0.15, 0.2) is 5.78 Å². The minimum Gasteiger partial charge on any atom is -0.497 e. The Kier molecular flexibility index (Phi) is 4.76. The molecule has 2 aromatic carbocycles. The maximum atomic E-state index is 11.3. The van der Waals surface area contributed by atoms with Crippen molar-refractivity contribution in [1.29, 1.82) is 0 Å². The van der Waals surface area contributed by atoms with E-state index in [0.717, 1.165) is 5.56 Å². The van der Waals surface area contributed by atoms with Gasteiger partial charge in [-0.3, -0.25) is 4.79 Å². The first-order valence-electron chi connectivity index (χ1n) is 7.93. The number of hydrogen-bond donors (Lipinski definition) is 1. The van der Waals surface area contributed by atoms with Crippen molar-refractivity contribution in [3.8, 4) is 17.2 Å². The van der Waals surface area contributed by atoms with Gasteiger partial charge in [-0.2, -0.15) is 0 Å². The number of Topliss-reactive ketones (excluding diaryl/α,β-unsaturated/α-hetero) is 1. The Morgan fingerprint density at radius 1 is 1.04 bits per heavy atom. The second-order valence-electron chi connectivity index (χ2n) is 5.80. The number of ketones is 1. The van der Waals surface area contributed by atoms with Gasteiger partial charge in [0.05, 0.1) is 14.2 Å². The van der Waals surface area contributed by atoms with E-state index < -0.39 is 12.2 Å². The number of aliphatic hydroxyl groups is 1. The molecule has 5 heteroatoms. The molecule has 0 radical (unpaired) electrons. The quantitative estimate of drug-likeness (QED) is 0.845. The molecular weight excluding hydrogens is 320 g/mol. The second-order valence-corrected chi connectivity index (χ2v) is 5.80. The fourth-order valence-corrected chi connectivity index (χ4v) is 2.86. The first kappa shape index (κ1) is 17.0. The summed E-state index contributed by atoms with van der Waals surface area (Å²) < 4.78 is 16.5. The molecule has 0 fully saturated rings. The lowest BCUT2D eigenvalue weighted by Crippen LogP contribution is -2.26. The highest BCUT2D eigenvalue weighted by Gasteiger charge is 2.29. The molecule has 5 nitrogen and oxygen atoms in total. The molecule has 0 aliphatic heterocycles. The molecule has 0 spiro atoms. The van der Waals surface area contributed by atoms with E-state index in [1.807, 2.05) is 12.1 Å². The number of aliphatic hydroxyl groups excluding tert-OH is 1. The van der Waals surface area contributed by atoms with Crippen molar-refractivity contribution >= 4 is 11.9 Å². The van der Waals surface area contributed by atoms with Gasteiger partial charge in [-0.25, -0.2) is 0 Å². The molecule has 1 N–H and O–H groups in total. The molecule has 2 atom stereocenters. The molecule has 0 saturated carbocycles. The third-order valence-electron chi connectivity index (χ3n) is 4.21. The second kappa shape index (κ2) is 6.99. The maximum Gasteiger partial charge on any atom is 0.159 e. The van der Waals surface area contributed by atoms with Crippen LogP contribution in [0.1, 0.15) is 34.5 Å². The van der Waals surface area contributed by atoms with Gasteiger partial charge in [0.25, 0.3) is 0 Å². The van der Waals surface area contributed by atoms with Crippen LogP contribution in [-0.4, -0.2) is 31.2 Å². The predicted octanol–water partition coefficient (Wildman–Crippen LogP) is 3.41. The number of methoxy groups -OCH3 is 2. The van der Waals surface area contributed by atoms with Gasteiger partial charge in [0.1, 0.15) is 29.5 Å². The van der Waals surface area contributed by atoms with Crippen molar-refractivity contribution in [2.24, 2.45) is 0 Å². The van der Waals surface area contributed by atoms with E-state index >= 15 is 0 Å². The van der Waals surface area contributed by atoms with Crippen LogP contribution < -0.4 is 14.2 Å². The van der Waals surface area contributed by atoms with E-state index in [0.29, 0.717) is 28.4 Å². The highest BCUT2D eigenvalue weighted by atomic mass is 16.5. The molecule has 0 saturated heterocycles. The normalized spacial score (nSPS) is 18.4. The zero-order valence-electron chi connectivity index (χ0n) is 14.4. The molecular formula is C20H20O5. The van der Waals surface area contributed by atoms with Crippen molar-refractivity contribution in [2.75, 3.05) is 14.2 Å². The number of carbonyl (C=O) groups is 1. The van der Waals surface area contributed by atoms with Gasteiger partial charge in [0.2, 0.25) is 0 Å². The average Bonchev–Trinajstić information content (AvgIpc) is 2.63. The van der Waals surface area contributed by atoms with Crippen LogP contribution >= 0.6 is 0 Å². The molecule has 1 aliphatic carbocycles. The van der Waals surface area contributed by atoms with Crippen LogP contribution in [0.25, 0.3) is 6.08 Å². The molecule has 130 valence electrons. The highest BCUT2D eigenvalue weighted by Crippen LogP contribution is 2.39. The number of ether oxygens (including phenoxy) is 3. The number of fused-ring (bicyclic) bond motifs is 1. The van der Waals surface area contributed by atoms with Crippen molar-refractivity contribution in [2.45, 2.75) is 19.1 Å². The first-order valence-corrected chi connectivity index (χ1v) is 7.93. The lowest BCUT2D eigenvalue weighted by molar-refractivity contribution is 0.0603. The standard InChI is InChI=1S/C20H20O5/c1-12(21)13-4-7-15(8-5-13)25-17-9-6-14-10-16(23-2)11-18(24-3)19(14)20(17)22/h4-11,17,20,22H,1-3H3/t17-,20+/m0/s1. The Labute approximate surface area is 146 Å². The minimum absolute atomic E-state index is 0.00300. The van der Waals surface area contributed by atoms with E-state index in [1.165, 1.54) is 6.92 Å². The zero-order valence-corrected chi connectivity index (χ0v) is 14.4. The molecule has 0 aromatic heterocycles. The van der Waals surface area contributed by atoms with Gasteiger partial charge >= 0.3 is 0 Å². The van der Waals surface area contributed by atoms with Crippen LogP contribution in [0.5, 0.6) is 17.2 Å². The molecule has 1 aliphatic rings. The van der Waals surface area contributed by atoms with Gasteiger partial charge in [-0.05, 0) is 48.9 Å². The summed E-state index contributed by atoms with van der Waals surface area (Å²) in [7, 11) is 3.14. The molecule has 0 bridgehead atoms. The van der Waals surface area contributed by atoms with Crippen LogP contribution in [0.2, 0.25) is 0 Å². The van der Waals surface area contributed by atoms with E-state index in [1.54, 1.807) is 50.6 Å². The van der Waals surface area contributed by atoms with E-state index in [9.17, 15) is 9.90 Å². The molecule has 25 heavy (non-hydrogen) atoms. The summed E-state index contributed by atoms with van der Waals surface area (Å²) in [5.41, 5.74) is 2.11. The Morgan fingerprint density at radius 2 is 1.76 bits per heavy atom. The van der Waals surface area contributed by atoms with Gasteiger partial charge < -0.3 is 19.3 Å². The van der Waals surface area contributed by atoms with E-state index in [-0.39, 0.29) is 5.78 Å².